The highest BCUT2D eigenvalue weighted by atomic mass is 32.2. The number of benzene rings is 1. The molecule has 1 aliphatic rings. The van der Waals surface area contributed by atoms with Crippen molar-refractivity contribution in [1.29, 1.82) is 0 Å². The molecule has 0 spiro atoms. The van der Waals surface area contributed by atoms with Crippen molar-refractivity contribution in [2.75, 3.05) is 27.2 Å². The Balaban J connectivity index is 2.28. The molecule has 0 amide bonds. The lowest BCUT2D eigenvalue weighted by Gasteiger charge is -2.24. The first kappa shape index (κ1) is 17.4. The van der Waals surface area contributed by atoms with Crippen LogP contribution in [-0.4, -0.2) is 50.8 Å². The summed E-state index contributed by atoms with van der Waals surface area (Å²) in [7, 11) is 0.333. The van der Waals surface area contributed by atoms with Gasteiger partial charge in [0.15, 0.2) is 0 Å². The highest BCUT2D eigenvalue weighted by molar-refractivity contribution is 7.89. The second kappa shape index (κ2) is 6.64. The fourth-order valence-electron chi connectivity index (χ4n) is 3.13. The second-order valence-corrected chi connectivity index (χ2v) is 8.25. The van der Waals surface area contributed by atoms with E-state index in [-0.39, 0.29) is 10.9 Å². The van der Waals surface area contributed by atoms with Crippen LogP contribution in [0.3, 0.4) is 0 Å². The number of halogens is 1. The Labute approximate surface area is 133 Å². The normalized spacial score (nSPS) is 23.4. The van der Waals surface area contributed by atoms with Gasteiger partial charge in [-0.1, -0.05) is 19.4 Å². The predicted molar refractivity (Wildman–Crippen MR) is 85.8 cm³/mol. The smallest absolute Gasteiger partial charge is 0.243 e. The van der Waals surface area contributed by atoms with Crippen LogP contribution in [0.25, 0.3) is 0 Å². The zero-order chi connectivity index (χ0) is 16.5. The van der Waals surface area contributed by atoms with Crippen LogP contribution in [0.4, 0.5) is 4.39 Å². The molecule has 0 unspecified atom stereocenters. The Hall–Kier alpha value is -0.980. The van der Waals surface area contributed by atoms with Gasteiger partial charge in [0.1, 0.15) is 5.82 Å². The van der Waals surface area contributed by atoms with Crippen LogP contribution in [0, 0.1) is 18.7 Å². The first-order valence-electron chi connectivity index (χ1n) is 7.70. The summed E-state index contributed by atoms with van der Waals surface area (Å²) in [5, 5.41) is 0. The topological polar surface area (TPSA) is 40.6 Å². The molecule has 22 heavy (non-hydrogen) atoms. The highest BCUT2D eigenvalue weighted by Gasteiger charge is 2.39. The van der Waals surface area contributed by atoms with E-state index in [9.17, 15) is 12.8 Å². The van der Waals surface area contributed by atoms with Crippen molar-refractivity contribution >= 4 is 10.0 Å². The predicted octanol–water partition coefficient (Wildman–Crippen LogP) is 2.48. The SMILES string of the molecule is CCC[C@@H]1CN(S(=O)(=O)c2ccc(C)c(F)c2)C[C@H]1N(C)C. The van der Waals surface area contributed by atoms with Gasteiger partial charge in [-0.25, -0.2) is 12.8 Å². The third-order valence-electron chi connectivity index (χ3n) is 4.48. The summed E-state index contributed by atoms with van der Waals surface area (Å²) < 4.78 is 40.7. The molecule has 1 aromatic carbocycles. The van der Waals surface area contributed by atoms with E-state index < -0.39 is 15.8 Å². The monoisotopic (exact) mass is 328 g/mol. The van der Waals surface area contributed by atoms with E-state index in [0.29, 0.717) is 24.6 Å². The summed E-state index contributed by atoms with van der Waals surface area (Å²) in [6, 6.07) is 4.35. The van der Waals surface area contributed by atoms with Crippen molar-refractivity contribution in [1.82, 2.24) is 9.21 Å². The van der Waals surface area contributed by atoms with E-state index in [4.69, 9.17) is 0 Å². The fraction of sp³-hybridized carbons (Fsp3) is 0.625. The maximum atomic E-state index is 13.7. The Morgan fingerprint density at radius 3 is 2.55 bits per heavy atom. The number of nitrogens with zero attached hydrogens (tertiary/aromatic N) is 2. The van der Waals surface area contributed by atoms with Gasteiger partial charge in [0.05, 0.1) is 4.90 Å². The molecule has 0 bridgehead atoms. The third-order valence-corrected chi connectivity index (χ3v) is 6.30. The van der Waals surface area contributed by atoms with E-state index in [1.165, 1.54) is 16.4 Å². The molecule has 1 aliphatic heterocycles. The molecule has 124 valence electrons. The molecule has 6 heteroatoms. The van der Waals surface area contributed by atoms with Crippen LogP contribution in [0.2, 0.25) is 0 Å². The average molecular weight is 328 g/mol. The van der Waals surface area contributed by atoms with Gasteiger partial charge in [0.25, 0.3) is 0 Å². The van der Waals surface area contributed by atoms with Gasteiger partial charge in [0, 0.05) is 19.1 Å². The van der Waals surface area contributed by atoms with Crippen molar-refractivity contribution in [3.05, 3.63) is 29.6 Å². The molecular weight excluding hydrogens is 303 g/mol. The Bertz CT molecular complexity index is 631. The highest BCUT2D eigenvalue weighted by Crippen LogP contribution is 2.30. The van der Waals surface area contributed by atoms with Crippen LogP contribution >= 0.6 is 0 Å². The number of aryl methyl sites for hydroxylation is 1. The molecule has 0 aromatic heterocycles. The minimum atomic E-state index is -3.63. The molecule has 2 rings (SSSR count). The number of rotatable bonds is 5. The molecule has 0 saturated carbocycles. The number of sulfonamides is 1. The van der Waals surface area contributed by atoms with E-state index in [1.54, 1.807) is 6.92 Å². The van der Waals surface area contributed by atoms with Gasteiger partial charge < -0.3 is 4.90 Å². The molecule has 0 radical (unpaired) electrons. The lowest BCUT2D eigenvalue weighted by Crippen LogP contribution is -2.36. The van der Waals surface area contributed by atoms with Crippen LogP contribution in [0.5, 0.6) is 0 Å². The van der Waals surface area contributed by atoms with E-state index in [0.717, 1.165) is 18.9 Å². The number of hydrogen-bond acceptors (Lipinski definition) is 3. The summed E-state index contributed by atoms with van der Waals surface area (Å²) in [5.41, 5.74) is 0.454. The van der Waals surface area contributed by atoms with E-state index in [1.807, 2.05) is 14.1 Å². The zero-order valence-electron chi connectivity index (χ0n) is 13.7. The third kappa shape index (κ3) is 3.34. The summed E-state index contributed by atoms with van der Waals surface area (Å²) in [4.78, 5) is 2.14. The lowest BCUT2D eigenvalue weighted by molar-refractivity contribution is 0.244. The average Bonchev–Trinajstić information content (AvgIpc) is 2.87. The van der Waals surface area contributed by atoms with Gasteiger partial charge in [-0.3, -0.25) is 0 Å². The van der Waals surface area contributed by atoms with Crippen molar-refractivity contribution in [2.45, 2.75) is 37.6 Å². The van der Waals surface area contributed by atoms with E-state index in [2.05, 4.69) is 11.8 Å². The number of likely N-dealkylation sites (N-methyl/N-ethyl adjacent to an activating group) is 1. The quantitative estimate of drug-likeness (QED) is 0.834. The van der Waals surface area contributed by atoms with Gasteiger partial charge in [-0.15, -0.1) is 0 Å². The molecule has 0 N–H and O–H groups in total. The van der Waals surface area contributed by atoms with Gasteiger partial charge >= 0.3 is 0 Å². The van der Waals surface area contributed by atoms with Gasteiger partial charge in [-0.2, -0.15) is 4.31 Å². The second-order valence-electron chi connectivity index (χ2n) is 6.31. The maximum Gasteiger partial charge on any atom is 0.243 e. The van der Waals surface area contributed by atoms with Crippen LogP contribution < -0.4 is 0 Å². The van der Waals surface area contributed by atoms with E-state index >= 15 is 0 Å². The standard InChI is InChI=1S/C16H25FN2O2S/c1-5-6-13-10-19(11-16(13)18(3)4)22(20,21)14-8-7-12(2)15(17)9-14/h7-9,13,16H,5-6,10-11H2,1-4H3/t13-,16-/m1/s1. The fourth-order valence-corrected chi connectivity index (χ4v) is 4.66. The molecule has 1 aromatic rings. The van der Waals surface area contributed by atoms with Crippen molar-refractivity contribution < 1.29 is 12.8 Å². The summed E-state index contributed by atoms with van der Waals surface area (Å²) in [5.74, 6) is -0.153. The Morgan fingerprint density at radius 2 is 2.00 bits per heavy atom. The van der Waals surface area contributed by atoms with Crippen LogP contribution in [-0.2, 0) is 10.0 Å². The first-order valence-corrected chi connectivity index (χ1v) is 9.14. The lowest BCUT2D eigenvalue weighted by atomic mass is 9.98. The Morgan fingerprint density at radius 1 is 1.32 bits per heavy atom. The minimum Gasteiger partial charge on any atom is -0.305 e. The maximum absolute atomic E-state index is 13.7. The van der Waals surface area contributed by atoms with Crippen LogP contribution in [0.15, 0.2) is 23.1 Å². The molecule has 0 aliphatic carbocycles. The molecule has 1 saturated heterocycles. The van der Waals surface area contributed by atoms with Gasteiger partial charge in [-0.05, 0) is 51.1 Å². The summed E-state index contributed by atoms with van der Waals surface area (Å²) >= 11 is 0. The molecule has 1 heterocycles. The van der Waals surface area contributed by atoms with Gasteiger partial charge in [0.2, 0.25) is 10.0 Å². The minimum absolute atomic E-state index is 0.0465. The zero-order valence-corrected chi connectivity index (χ0v) is 14.5. The largest absolute Gasteiger partial charge is 0.305 e. The first-order chi connectivity index (χ1) is 10.3. The molecule has 2 atom stereocenters. The summed E-state index contributed by atoms with van der Waals surface area (Å²) in [6.07, 6.45) is 2.03. The van der Waals surface area contributed by atoms with Crippen molar-refractivity contribution in [2.24, 2.45) is 5.92 Å². The van der Waals surface area contributed by atoms with Crippen molar-refractivity contribution in [3.8, 4) is 0 Å². The molecule has 1 fully saturated rings. The Kier molecular flexibility index (Phi) is 5.25. The van der Waals surface area contributed by atoms with Crippen LogP contribution in [0.1, 0.15) is 25.3 Å². The molecule has 4 nitrogen and oxygen atoms in total. The molecular formula is C16H25FN2O2S. The summed E-state index contributed by atoms with van der Waals surface area (Å²) in [6.45, 7) is 4.71. The number of hydrogen-bond donors (Lipinski definition) is 0. The van der Waals surface area contributed by atoms with Crippen molar-refractivity contribution in [3.63, 3.8) is 0 Å².